The van der Waals surface area contributed by atoms with Gasteiger partial charge in [-0.05, 0) is 25.3 Å². The van der Waals surface area contributed by atoms with Gasteiger partial charge in [0.25, 0.3) is 0 Å². The van der Waals surface area contributed by atoms with Gasteiger partial charge in [0.2, 0.25) is 0 Å². The summed E-state index contributed by atoms with van der Waals surface area (Å²) in [6.45, 7) is 1.73. The number of nitro groups is 1. The molecule has 15 heavy (non-hydrogen) atoms. The maximum atomic E-state index is 10.6. The van der Waals surface area contributed by atoms with E-state index in [-0.39, 0.29) is 18.0 Å². The van der Waals surface area contributed by atoms with Gasteiger partial charge in [-0.1, -0.05) is 6.07 Å². The third-order valence-corrected chi connectivity index (χ3v) is 2.11. The van der Waals surface area contributed by atoms with Crippen LogP contribution >= 0.6 is 0 Å². The smallest absolute Gasteiger partial charge is 0.311 e. The van der Waals surface area contributed by atoms with Crippen LogP contribution in [0.3, 0.4) is 0 Å². The normalized spacial score (nSPS) is 10.3. The van der Waals surface area contributed by atoms with Gasteiger partial charge in [-0.2, -0.15) is 0 Å². The summed E-state index contributed by atoms with van der Waals surface area (Å²) < 4.78 is 0. The van der Waals surface area contributed by atoms with E-state index in [1.165, 1.54) is 6.07 Å². The van der Waals surface area contributed by atoms with Crippen LogP contribution in [0.15, 0.2) is 12.1 Å². The third-order valence-electron chi connectivity index (χ3n) is 2.11. The van der Waals surface area contributed by atoms with E-state index in [0.29, 0.717) is 18.4 Å². The molecule has 0 heterocycles. The second-order valence-corrected chi connectivity index (χ2v) is 3.38. The summed E-state index contributed by atoms with van der Waals surface area (Å²) in [6.07, 6.45) is 0.916. The molecular formula is C10H13NO4. The molecule has 0 atom stereocenters. The van der Waals surface area contributed by atoms with Gasteiger partial charge >= 0.3 is 5.69 Å². The Balaban J connectivity index is 3.10. The Morgan fingerprint density at radius 1 is 1.47 bits per heavy atom. The van der Waals surface area contributed by atoms with E-state index in [1.54, 1.807) is 13.0 Å². The van der Waals surface area contributed by atoms with Crippen molar-refractivity contribution in [2.24, 2.45) is 0 Å². The number of hydrogen-bond donors (Lipinski definition) is 2. The van der Waals surface area contributed by atoms with Gasteiger partial charge in [0, 0.05) is 18.2 Å². The summed E-state index contributed by atoms with van der Waals surface area (Å²) in [6, 6.07) is 3.02. The standard InChI is InChI=1S/C10H13NO4/c1-7-5-8(3-2-4-12)10(13)9(6-7)11(14)15/h5-6,12-13H,2-4H2,1H3. The molecule has 5 nitrogen and oxygen atoms in total. The van der Waals surface area contributed by atoms with Crippen molar-refractivity contribution in [1.82, 2.24) is 0 Å². The first-order chi connectivity index (χ1) is 7.06. The number of nitro benzene ring substituents is 1. The number of phenols is 1. The fraction of sp³-hybridized carbons (Fsp3) is 0.400. The highest BCUT2D eigenvalue weighted by atomic mass is 16.6. The second kappa shape index (κ2) is 4.75. The molecule has 1 aromatic rings. The van der Waals surface area contributed by atoms with E-state index >= 15 is 0 Å². The monoisotopic (exact) mass is 211 g/mol. The first kappa shape index (κ1) is 11.5. The first-order valence-corrected chi connectivity index (χ1v) is 4.64. The largest absolute Gasteiger partial charge is 0.502 e. The minimum absolute atomic E-state index is 0.00117. The van der Waals surface area contributed by atoms with Crippen LogP contribution in [0.5, 0.6) is 5.75 Å². The summed E-state index contributed by atoms with van der Waals surface area (Å²) in [7, 11) is 0. The zero-order valence-corrected chi connectivity index (χ0v) is 8.43. The Labute approximate surface area is 87.1 Å². The van der Waals surface area contributed by atoms with Crippen molar-refractivity contribution in [3.63, 3.8) is 0 Å². The molecule has 0 radical (unpaired) electrons. The van der Waals surface area contributed by atoms with E-state index in [4.69, 9.17) is 5.11 Å². The van der Waals surface area contributed by atoms with E-state index in [9.17, 15) is 15.2 Å². The molecule has 0 saturated carbocycles. The fourth-order valence-corrected chi connectivity index (χ4v) is 1.43. The van der Waals surface area contributed by atoms with Crippen LogP contribution in [-0.2, 0) is 6.42 Å². The number of nitrogens with zero attached hydrogens (tertiary/aromatic N) is 1. The van der Waals surface area contributed by atoms with Crippen LogP contribution in [0.4, 0.5) is 5.69 Å². The third kappa shape index (κ3) is 2.66. The van der Waals surface area contributed by atoms with Crippen molar-refractivity contribution < 1.29 is 15.1 Å². The van der Waals surface area contributed by atoms with Crippen LogP contribution in [-0.4, -0.2) is 21.7 Å². The minimum atomic E-state index is -0.606. The van der Waals surface area contributed by atoms with E-state index in [2.05, 4.69) is 0 Å². The van der Waals surface area contributed by atoms with Gasteiger partial charge < -0.3 is 10.2 Å². The molecule has 82 valence electrons. The lowest BCUT2D eigenvalue weighted by molar-refractivity contribution is -0.386. The molecule has 0 aromatic heterocycles. The molecule has 0 amide bonds. The van der Waals surface area contributed by atoms with Crippen molar-refractivity contribution >= 4 is 5.69 Å². The van der Waals surface area contributed by atoms with Crippen LogP contribution in [0.2, 0.25) is 0 Å². The summed E-state index contributed by atoms with van der Waals surface area (Å²) in [5.74, 6) is -0.293. The van der Waals surface area contributed by atoms with Crippen molar-refractivity contribution in [3.8, 4) is 5.75 Å². The minimum Gasteiger partial charge on any atom is -0.502 e. The second-order valence-electron chi connectivity index (χ2n) is 3.38. The lowest BCUT2D eigenvalue weighted by atomic mass is 10.0. The van der Waals surface area contributed by atoms with E-state index in [0.717, 1.165) is 5.56 Å². The molecule has 0 aliphatic heterocycles. The number of aliphatic hydroxyl groups excluding tert-OH is 1. The van der Waals surface area contributed by atoms with Gasteiger partial charge in [0.05, 0.1) is 4.92 Å². The number of rotatable bonds is 4. The number of hydrogen-bond acceptors (Lipinski definition) is 4. The molecule has 0 aliphatic rings. The highest BCUT2D eigenvalue weighted by molar-refractivity contribution is 5.53. The molecule has 0 bridgehead atoms. The Kier molecular flexibility index (Phi) is 3.62. The van der Waals surface area contributed by atoms with Crippen LogP contribution in [0, 0.1) is 17.0 Å². The average molecular weight is 211 g/mol. The molecule has 0 unspecified atom stereocenters. The lowest BCUT2D eigenvalue weighted by Crippen LogP contribution is -1.96. The SMILES string of the molecule is Cc1cc(CCCO)c(O)c([N+](=O)[O-])c1. The number of aliphatic hydroxyl groups is 1. The Morgan fingerprint density at radius 2 is 2.13 bits per heavy atom. The number of aromatic hydroxyl groups is 1. The predicted molar refractivity (Wildman–Crippen MR) is 54.9 cm³/mol. The van der Waals surface area contributed by atoms with Gasteiger partial charge in [0.1, 0.15) is 0 Å². The quantitative estimate of drug-likeness (QED) is 0.584. The number of phenolic OH excluding ortho intramolecular Hbond substituents is 1. The molecule has 1 aromatic carbocycles. The number of aryl methyl sites for hydroxylation is 2. The van der Waals surface area contributed by atoms with Gasteiger partial charge in [-0.3, -0.25) is 10.1 Å². The lowest BCUT2D eigenvalue weighted by Gasteiger charge is -2.05. The van der Waals surface area contributed by atoms with Crippen LogP contribution < -0.4 is 0 Å². The van der Waals surface area contributed by atoms with E-state index < -0.39 is 4.92 Å². The van der Waals surface area contributed by atoms with Crippen LogP contribution in [0.1, 0.15) is 17.5 Å². The highest BCUT2D eigenvalue weighted by Crippen LogP contribution is 2.31. The van der Waals surface area contributed by atoms with Crippen molar-refractivity contribution in [1.29, 1.82) is 0 Å². The van der Waals surface area contributed by atoms with Crippen molar-refractivity contribution in [3.05, 3.63) is 33.4 Å². The fourth-order valence-electron chi connectivity index (χ4n) is 1.43. The average Bonchev–Trinajstić information content (AvgIpc) is 2.18. The Hall–Kier alpha value is -1.62. The van der Waals surface area contributed by atoms with Gasteiger partial charge in [-0.15, -0.1) is 0 Å². The van der Waals surface area contributed by atoms with E-state index in [1.807, 2.05) is 0 Å². The molecule has 2 N–H and O–H groups in total. The Morgan fingerprint density at radius 3 is 2.67 bits per heavy atom. The summed E-state index contributed by atoms with van der Waals surface area (Å²) in [5, 5.41) is 28.8. The summed E-state index contributed by atoms with van der Waals surface area (Å²) in [5.41, 5.74) is 0.964. The first-order valence-electron chi connectivity index (χ1n) is 4.64. The van der Waals surface area contributed by atoms with Crippen molar-refractivity contribution in [2.45, 2.75) is 19.8 Å². The maximum absolute atomic E-state index is 10.6. The van der Waals surface area contributed by atoms with Gasteiger partial charge in [0.15, 0.2) is 5.75 Å². The highest BCUT2D eigenvalue weighted by Gasteiger charge is 2.17. The zero-order valence-electron chi connectivity index (χ0n) is 8.43. The molecular weight excluding hydrogens is 198 g/mol. The Bertz CT molecular complexity index is 376. The molecule has 0 fully saturated rings. The topological polar surface area (TPSA) is 83.6 Å². The molecule has 0 spiro atoms. The molecule has 1 rings (SSSR count). The molecule has 0 saturated heterocycles. The predicted octanol–water partition coefficient (Wildman–Crippen LogP) is 1.53. The zero-order chi connectivity index (χ0) is 11.4. The summed E-state index contributed by atoms with van der Waals surface area (Å²) in [4.78, 5) is 9.99. The van der Waals surface area contributed by atoms with Crippen molar-refractivity contribution in [2.75, 3.05) is 6.61 Å². The summed E-state index contributed by atoms with van der Waals surface area (Å²) >= 11 is 0. The number of benzene rings is 1. The molecule has 0 aliphatic carbocycles. The maximum Gasteiger partial charge on any atom is 0.311 e. The van der Waals surface area contributed by atoms with Crippen LogP contribution in [0.25, 0.3) is 0 Å². The molecule has 5 heteroatoms. The van der Waals surface area contributed by atoms with Gasteiger partial charge in [-0.25, -0.2) is 0 Å².